The van der Waals surface area contributed by atoms with Gasteiger partial charge in [0.05, 0.1) is 16.6 Å². The van der Waals surface area contributed by atoms with Crippen molar-refractivity contribution in [1.82, 2.24) is 20.4 Å². The third-order valence-electron chi connectivity index (χ3n) is 4.68. The van der Waals surface area contributed by atoms with E-state index in [4.69, 9.17) is 4.52 Å². The molecule has 0 saturated carbocycles. The van der Waals surface area contributed by atoms with E-state index in [9.17, 15) is 4.79 Å². The second-order valence-electron chi connectivity index (χ2n) is 6.39. The van der Waals surface area contributed by atoms with Gasteiger partial charge in [0, 0.05) is 18.8 Å². The van der Waals surface area contributed by atoms with E-state index < -0.39 is 0 Å². The Bertz CT molecular complexity index is 702. The molecule has 0 spiro atoms. The lowest BCUT2D eigenvalue weighted by molar-refractivity contribution is 0.0689. The standard InChI is InChI=1S/C17H24N4O2/c1-11-10-14(15-12(2)20-23-16(15)19-11)17(22)21-8-5-13(6-9-21)4-7-18-3/h10,13,18H,4-9H2,1-3H3. The largest absolute Gasteiger partial charge is 0.339 e. The van der Waals surface area contributed by atoms with Crippen LogP contribution in [0.3, 0.4) is 0 Å². The number of rotatable bonds is 4. The van der Waals surface area contributed by atoms with Crippen molar-refractivity contribution in [3.05, 3.63) is 23.0 Å². The van der Waals surface area contributed by atoms with E-state index in [1.54, 1.807) is 0 Å². The van der Waals surface area contributed by atoms with Gasteiger partial charge in [-0.15, -0.1) is 0 Å². The zero-order valence-electron chi connectivity index (χ0n) is 14.1. The number of piperidine rings is 1. The molecule has 0 bridgehead atoms. The average molecular weight is 316 g/mol. The number of nitrogens with one attached hydrogen (secondary N) is 1. The van der Waals surface area contributed by atoms with Crippen LogP contribution in [0.1, 0.15) is 41.0 Å². The molecule has 3 rings (SSSR count). The summed E-state index contributed by atoms with van der Waals surface area (Å²) in [5.74, 6) is 0.780. The lowest BCUT2D eigenvalue weighted by Crippen LogP contribution is -2.39. The van der Waals surface area contributed by atoms with Gasteiger partial charge in [-0.2, -0.15) is 0 Å². The second kappa shape index (κ2) is 6.66. The van der Waals surface area contributed by atoms with Crippen LogP contribution >= 0.6 is 0 Å². The highest BCUT2D eigenvalue weighted by molar-refractivity contribution is 6.06. The first-order valence-electron chi connectivity index (χ1n) is 8.27. The van der Waals surface area contributed by atoms with E-state index in [2.05, 4.69) is 15.5 Å². The topological polar surface area (TPSA) is 71.3 Å². The van der Waals surface area contributed by atoms with Crippen LogP contribution in [0.2, 0.25) is 0 Å². The predicted molar refractivity (Wildman–Crippen MR) is 88.4 cm³/mol. The van der Waals surface area contributed by atoms with Crippen molar-refractivity contribution in [2.24, 2.45) is 5.92 Å². The summed E-state index contributed by atoms with van der Waals surface area (Å²) < 4.78 is 5.23. The normalized spacial score (nSPS) is 16.2. The van der Waals surface area contributed by atoms with Crippen molar-refractivity contribution in [3.8, 4) is 0 Å². The molecule has 2 aromatic rings. The van der Waals surface area contributed by atoms with Gasteiger partial charge < -0.3 is 14.7 Å². The Balaban J connectivity index is 1.78. The molecule has 6 heteroatoms. The predicted octanol–water partition coefficient (Wildman–Crippen LogP) is 2.30. The third kappa shape index (κ3) is 3.22. The van der Waals surface area contributed by atoms with Crippen LogP contribution in [0.15, 0.2) is 10.6 Å². The summed E-state index contributed by atoms with van der Waals surface area (Å²) in [4.78, 5) is 19.2. The molecule has 0 aromatic carbocycles. The molecule has 1 amide bonds. The average Bonchev–Trinajstić information content (AvgIpc) is 2.93. The van der Waals surface area contributed by atoms with Crippen molar-refractivity contribution < 1.29 is 9.32 Å². The fourth-order valence-electron chi connectivity index (χ4n) is 3.33. The molecule has 6 nitrogen and oxygen atoms in total. The van der Waals surface area contributed by atoms with E-state index in [0.717, 1.165) is 49.2 Å². The van der Waals surface area contributed by atoms with Crippen molar-refractivity contribution in [3.63, 3.8) is 0 Å². The fraction of sp³-hybridized carbons (Fsp3) is 0.588. The molecule has 1 fully saturated rings. The van der Waals surface area contributed by atoms with Crippen LogP contribution in [0, 0.1) is 19.8 Å². The number of likely N-dealkylation sites (tertiary alicyclic amines) is 1. The number of fused-ring (bicyclic) bond motifs is 1. The van der Waals surface area contributed by atoms with E-state index in [-0.39, 0.29) is 5.91 Å². The molecule has 23 heavy (non-hydrogen) atoms. The molecule has 0 atom stereocenters. The summed E-state index contributed by atoms with van der Waals surface area (Å²) in [7, 11) is 1.98. The summed E-state index contributed by atoms with van der Waals surface area (Å²) in [6.45, 7) is 6.41. The molecule has 0 aliphatic carbocycles. The number of nitrogens with zero attached hydrogens (tertiary/aromatic N) is 3. The second-order valence-corrected chi connectivity index (χ2v) is 6.39. The minimum atomic E-state index is 0.0684. The van der Waals surface area contributed by atoms with Crippen LogP contribution in [0.25, 0.3) is 11.1 Å². The van der Waals surface area contributed by atoms with Crippen molar-refractivity contribution >= 4 is 17.0 Å². The maximum absolute atomic E-state index is 13.0. The van der Waals surface area contributed by atoms with Gasteiger partial charge in [-0.3, -0.25) is 4.79 Å². The molecule has 1 N–H and O–H groups in total. The van der Waals surface area contributed by atoms with E-state index >= 15 is 0 Å². The van der Waals surface area contributed by atoms with Crippen LogP contribution in [-0.4, -0.2) is 47.6 Å². The number of pyridine rings is 1. The number of amides is 1. The number of hydrogen-bond donors (Lipinski definition) is 1. The highest BCUT2D eigenvalue weighted by atomic mass is 16.5. The summed E-state index contributed by atoms with van der Waals surface area (Å²) in [5.41, 5.74) is 2.62. The monoisotopic (exact) mass is 316 g/mol. The van der Waals surface area contributed by atoms with Gasteiger partial charge in [0.25, 0.3) is 11.6 Å². The van der Waals surface area contributed by atoms with Gasteiger partial charge in [-0.25, -0.2) is 4.98 Å². The Labute approximate surface area is 136 Å². The Morgan fingerprint density at radius 3 is 2.83 bits per heavy atom. The number of aryl methyl sites for hydroxylation is 2. The quantitative estimate of drug-likeness (QED) is 0.937. The van der Waals surface area contributed by atoms with Gasteiger partial charge in [-0.1, -0.05) is 5.16 Å². The number of carbonyl (C=O) groups is 1. The summed E-state index contributed by atoms with van der Waals surface area (Å²) in [5, 5.41) is 7.90. The van der Waals surface area contributed by atoms with E-state index in [0.29, 0.717) is 17.2 Å². The SMILES string of the molecule is CNCCC1CCN(C(=O)c2cc(C)nc3onc(C)c23)CC1. The van der Waals surface area contributed by atoms with Gasteiger partial charge >= 0.3 is 0 Å². The molecule has 3 heterocycles. The van der Waals surface area contributed by atoms with E-state index in [1.807, 2.05) is 31.9 Å². The Morgan fingerprint density at radius 1 is 1.39 bits per heavy atom. The number of carbonyl (C=O) groups excluding carboxylic acids is 1. The maximum atomic E-state index is 13.0. The lowest BCUT2D eigenvalue weighted by atomic mass is 9.93. The Morgan fingerprint density at radius 2 is 2.13 bits per heavy atom. The Hall–Kier alpha value is -1.95. The minimum absolute atomic E-state index is 0.0684. The number of hydrogen-bond acceptors (Lipinski definition) is 5. The van der Waals surface area contributed by atoms with Crippen molar-refractivity contribution in [2.75, 3.05) is 26.7 Å². The van der Waals surface area contributed by atoms with Crippen LogP contribution in [0.5, 0.6) is 0 Å². The van der Waals surface area contributed by atoms with Crippen molar-refractivity contribution in [1.29, 1.82) is 0 Å². The molecular weight excluding hydrogens is 292 g/mol. The molecule has 0 radical (unpaired) electrons. The highest BCUT2D eigenvalue weighted by Crippen LogP contribution is 2.26. The van der Waals surface area contributed by atoms with Crippen LogP contribution in [0.4, 0.5) is 0 Å². The lowest BCUT2D eigenvalue weighted by Gasteiger charge is -2.32. The molecule has 1 aliphatic heterocycles. The molecule has 1 aliphatic rings. The van der Waals surface area contributed by atoms with Crippen LogP contribution < -0.4 is 5.32 Å². The third-order valence-corrected chi connectivity index (χ3v) is 4.68. The first kappa shape index (κ1) is 15.9. The molecule has 124 valence electrons. The maximum Gasteiger partial charge on any atom is 0.258 e. The highest BCUT2D eigenvalue weighted by Gasteiger charge is 2.26. The van der Waals surface area contributed by atoms with E-state index in [1.165, 1.54) is 6.42 Å². The first-order valence-corrected chi connectivity index (χ1v) is 8.27. The number of aromatic nitrogens is 2. The Kier molecular flexibility index (Phi) is 4.61. The zero-order valence-corrected chi connectivity index (χ0v) is 14.1. The summed E-state index contributed by atoms with van der Waals surface area (Å²) >= 11 is 0. The van der Waals surface area contributed by atoms with Gasteiger partial charge in [0.15, 0.2) is 0 Å². The smallest absolute Gasteiger partial charge is 0.258 e. The van der Waals surface area contributed by atoms with Gasteiger partial charge in [-0.05, 0) is 58.7 Å². The molecule has 2 aromatic heterocycles. The van der Waals surface area contributed by atoms with Gasteiger partial charge in [0.1, 0.15) is 0 Å². The zero-order chi connectivity index (χ0) is 16.4. The van der Waals surface area contributed by atoms with Crippen LogP contribution in [-0.2, 0) is 0 Å². The molecule has 0 unspecified atom stereocenters. The van der Waals surface area contributed by atoms with Crippen molar-refractivity contribution in [2.45, 2.75) is 33.1 Å². The first-order chi connectivity index (χ1) is 11.1. The molecular formula is C17H24N4O2. The van der Waals surface area contributed by atoms with Gasteiger partial charge in [0.2, 0.25) is 0 Å². The summed E-state index contributed by atoms with van der Waals surface area (Å²) in [6.07, 6.45) is 3.33. The minimum Gasteiger partial charge on any atom is -0.339 e. The fourth-order valence-corrected chi connectivity index (χ4v) is 3.33. The summed E-state index contributed by atoms with van der Waals surface area (Å²) in [6, 6.07) is 1.85. The molecule has 1 saturated heterocycles.